The molecule has 0 saturated heterocycles. The molecule has 0 aliphatic carbocycles. The van der Waals surface area contributed by atoms with Crippen LogP contribution < -0.4 is 0 Å². The van der Waals surface area contributed by atoms with Gasteiger partial charge in [-0.15, -0.1) is 12.6 Å². The molecule has 0 spiro atoms. The summed E-state index contributed by atoms with van der Waals surface area (Å²) in [7, 11) is 0. The first kappa shape index (κ1) is 12.0. The molecule has 0 radical (unpaired) electrons. The lowest BCUT2D eigenvalue weighted by Gasteiger charge is -2.04. The molecule has 0 saturated carbocycles. The molecule has 3 nitrogen and oxygen atoms in total. The molecule has 0 unspecified atom stereocenters. The number of rotatable bonds is 2. The van der Waals surface area contributed by atoms with Gasteiger partial charge in [-0.05, 0) is 18.2 Å². The van der Waals surface area contributed by atoms with Gasteiger partial charge in [0, 0.05) is 0 Å². The zero-order valence-corrected chi connectivity index (χ0v) is 9.18. The summed E-state index contributed by atoms with van der Waals surface area (Å²) in [5.41, 5.74) is -0.519. The second-order valence-corrected chi connectivity index (χ2v) is 3.86. The molecule has 0 bridgehead atoms. The highest BCUT2D eigenvalue weighted by atomic mass is 32.1. The fraction of sp³-hybridized carbons (Fsp3) is 0.200. The second kappa shape index (κ2) is 4.06. The first-order chi connectivity index (χ1) is 7.86. The van der Waals surface area contributed by atoms with Gasteiger partial charge in [-0.1, -0.05) is 0 Å². The number of halogens is 3. The predicted octanol–water partition coefficient (Wildman–Crippen LogP) is 2.85. The molecule has 1 aromatic carbocycles. The summed E-state index contributed by atoms with van der Waals surface area (Å²) in [5.74, 6) is 0.0549. The summed E-state index contributed by atoms with van der Waals surface area (Å²) in [5, 5.41) is -0.465. The number of fused-ring (bicyclic) bond motifs is 1. The number of hydrogen-bond donors (Lipinski definition) is 1. The topological polar surface area (TPSA) is 43.1 Å². The van der Waals surface area contributed by atoms with Crippen LogP contribution in [0.1, 0.15) is 11.5 Å². The third-order valence-corrected chi connectivity index (χ3v) is 2.22. The third-order valence-electron chi connectivity index (χ3n) is 2.06. The van der Waals surface area contributed by atoms with Crippen molar-refractivity contribution in [3.63, 3.8) is 0 Å². The molecule has 1 heterocycles. The van der Waals surface area contributed by atoms with Gasteiger partial charge in [-0.2, -0.15) is 13.2 Å². The van der Waals surface area contributed by atoms with Crippen LogP contribution in [0.3, 0.4) is 0 Å². The van der Waals surface area contributed by atoms with E-state index in [2.05, 4.69) is 17.6 Å². The van der Waals surface area contributed by atoms with Gasteiger partial charge in [0.1, 0.15) is 5.52 Å². The monoisotopic (exact) mass is 261 g/mol. The number of oxazole rings is 1. The standard InChI is InChI=1S/C10H6F3NO2S/c11-10(12,13)5-1-2-7-6(3-5)14-8(16-7)4-9(15)17/h1-3H,4H2,(H,15,17). The number of benzene rings is 1. The van der Waals surface area contributed by atoms with E-state index < -0.39 is 16.9 Å². The highest BCUT2D eigenvalue weighted by Gasteiger charge is 2.31. The number of thiol groups is 1. The maximum absolute atomic E-state index is 12.4. The number of alkyl halides is 3. The van der Waals surface area contributed by atoms with Gasteiger partial charge < -0.3 is 4.42 Å². The largest absolute Gasteiger partial charge is 0.440 e. The van der Waals surface area contributed by atoms with E-state index in [4.69, 9.17) is 4.42 Å². The summed E-state index contributed by atoms with van der Waals surface area (Å²) >= 11 is 3.54. The van der Waals surface area contributed by atoms with E-state index in [0.717, 1.165) is 12.1 Å². The van der Waals surface area contributed by atoms with Crippen molar-refractivity contribution in [1.82, 2.24) is 4.98 Å². The van der Waals surface area contributed by atoms with Gasteiger partial charge in [0.2, 0.25) is 5.89 Å². The highest BCUT2D eigenvalue weighted by molar-refractivity contribution is 7.96. The summed E-state index contributed by atoms with van der Waals surface area (Å²) in [4.78, 5) is 14.5. The highest BCUT2D eigenvalue weighted by Crippen LogP contribution is 2.31. The minimum Gasteiger partial charge on any atom is -0.440 e. The Morgan fingerprint density at radius 1 is 1.41 bits per heavy atom. The smallest absolute Gasteiger partial charge is 0.416 e. The van der Waals surface area contributed by atoms with Gasteiger partial charge in [-0.25, -0.2) is 4.98 Å². The third kappa shape index (κ3) is 2.60. The Morgan fingerprint density at radius 2 is 2.12 bits per heavy atom. The molecular formula is C10H6F3NO2S. The van der Waals surface area contributed by atoms with Crippen LogP contribution in [0, 0.1) is 0 Å². The Balaban J connectivity index is 2.44. The van der Waals surface area contributed by atoms with Crippen LogP contribution in [0.4, 0.5) is 13.2 Å². The molecule has 0 atom stereocenters. The van der Waals surface area contributed by atoms with Crippen LogP contribution in [0.5, 0.6) is 0 Å². The van der Waals surface area contributed by atoms with Crippen LogP contribution in [-0.2, 0) is 17.4 Å². The van der Waals surface area contributed by atoms with Gasteiger partial charge in [0.05, 0.1) is 12.0 Å². The molecular weight excluding hydrogens is 255 g/mol. The summed E-state index contributed by atoms with van der Waals surface area (Å²) in [6.45, 7) is 0. The van der Waals surface area contributed by atoms with E-state index in [1.807, 2.05) is 0 Å². The minimum absolute atomic E-state index is 0.0549. The summed E-state index contributed by atoms with van der Waals surface area (Å²) in [6.07, 6.45) is -4.58. The first-order valence-electron chi connectivity index (χ1n) is 4.55. The fourth-order valence-electron chi connectivity index (χ4n) is 1.36. The van der Waals surface area contributed by atoms with E-state index in [1.54, 1.807) is 0 Å². The molecule has 7 heteroatoms. The van der Waals surface area contributed by atoms with Crippen molar-refractivity contribution < 1.29 is 22.4 Å². The maximum atomic E-state index is 12.4. The van der Waals surface area contributed by atoms with Gasteiger partial charge in [0.15, 0.2) is 10.7 Å². The molecule has 0 aliphatic heterocycles. The van der Waals surface area contributed by atoms with E-state index in [9.17, 15) is 18.0 Å². The summed E-state index contributed by atoms with van der Waals surface area (Å²) in [6, 6.07) is 2.96. The molecule has 17 heavy (non-hydrogen) atoms. The van der Waals surface area contributed by atoms with Gasteiger partial charge >= 0.3 is 6.18 Å². The van der Waals surface area contributed by atoms with E-state index in [-0.39, 0.29) is 23.4 Å². The zero-order chi connectivity index (χ0) is 12.6. The predicted molar refractivity (Wildman–Crippen MR) is 56.7 cm³/mol. The Kier molecular flexibility index (Phi) is 2.86. The van der Waals surface area contributed by atoms with E-state index >= 15 is 0 Å². The van der Waals surface area contributed by atoms with Gasteiger partial charge in [-0.3, -0.25) is 4.79 Å². The fourth-order valence-corrected chi connectivity index (χ4v) is 1.49. The lowest BCUT2D eigenvalue weighted by molar-refractivity contribution is -0.137. The minimum atomic E-state index is -4.42. The molecule has 0 N–H and O–H groups in total. The molecule has 0 amide bonds. The molecule has 0 aliphatic rings. The van der Waals surface area contributed by atoms with Crippen molar-refractivity contribution in [1.29, 1.82) is 0 Å². The molecule has 0 fully saturated rings. The number of aromatic nitrogens is 1. The zero-order valence-electron chi connectivity index (χ0n) is 8.28. The van der Waals surface area contributed by atoms with Crippen LogP contribution in [0.15, 0.2) is 22.6 Å². The number of hydrogen-bond acceptors (Lipinski definition) is 3. The SMILES string of the molecule is O=C(S)Cc1nc2cc(C(F)(F)F)ccc2o1. The van der Waals surface area contributed by atoms with Crippen LogP contribution in [0.25, 0.3) is 11.1 Å². The molecule has 2 rings (SSSR count). The van der Waals surface area contributed by atoms with Crippen molar-refractivity contribution in [3.8, 4) is 0 Å². The normalized spacial score (nSPS) is 12.0. The quantitative estimate of drug-likeness (QED) is 0.845. The summed E-state index contributed by atoms with van der Waals surface area (Å²) < 4.78 is 42.3. The van der Waals surface area contributed by atoms with Crippen molar-refractivity contribution in [2.45, 2.75) is 12.6 Å². The average Bonchev–Trinajstić information content (AvgIpc) is 2.55. The molecule has 2 aromatic rings. The van der Waals surface area contributed by atoms with Gasteiger partial charge in [0.25, 0.3) is 0 Å². The van der Waals surface area contributed by atoms with Crippen LogP contribution in [0.2, 0.25) is 0 Å². The molecule has 1 aromatic heterocycles. The average molecular weight is 261 g/mol. The Bertz CT molecular complexity index is 576. The van der Waals surface area contributed by atoms with Crippen molar-refractivity contribution in [3.05, 3.63) is 29.7 Å². The van der Waals surface area contributed by atoms with E-state index in [1.165, 1.54) is 6.07 Å². The first-order valence-corrected chi connectivity index (χ1v) is 4.99. The maximum Gasteiger partial charge on any atom is 0.416 e. The number of carbonyl (C=O) groups excluding carboxylic acids is 1. The Labute approximate surface area is 99.0 Å². The van der Waals surface area contributed by atoms with Crippen LogP contribution in [-0.4, -0.2) is 10.1 Å². The lowest BCUT2D eigenvalue weighted by atomic mass is 10.2. The molecule has 90 valence electrons. The Hall–Kier alpha value is -1.50. The second-order valence-electron chi connectivity index (χ2n) is 3.36. The number of nitrogens with zero attached hydrogens (tertiary/aromatic N) is 1. The number of carbonyl (C=O) groups is 1. The Morgan fingerprint density at radius 3 is 2.71 bits per heavy atom. The van der Waals surface area contributed by atoms with Crippen LogP contribution >= 0.6 is 12.6 Å². The lowest BCUT2D eigenvalue weighted by Crippen LogP contribution is -2.04. The van der Waals surface area contributed by atoms with Crippen molar-refractivity contribution in [2.75, 3.05) is 0 Å². The van der Waals surface area contributed by atoms with E-state index in [0.29, 0.717) is 0 Å². The van der Waals surface area contributed by atoms with Crippen molar-refractivity contribution >= 4 is 28.8 Å². The van der Waals surface area contributed by atoms with Crippen molar-refractivity contribution in [2.24, 2.45) is 0 Å².